The van der Waals surface area contributed by atoms with Gasteiger partial charge >= 0.3 is 0 Å². The summed E-state index contributed by atoms with van der Waals surface area (Å²) in [4.78, 5) is 12.1. The lowest BCUT2D eigenvalue weighted by atomic mass is 9.66. The van der Waals surface area contributed by atoms with Gasteiger partial charge in [0.15, 0.2) is 5.78 Å². The Morgan fingerprint density at radius 3 is 2.17 bits per heavy atom. The van der Waals surface area contributed by atoms with Gasteiger partial charge in [-0.1, -0.05) is 89.5 Å². The van der Waals surface area contributed by atoms with Gasteiger partial charge in [0.05, 0.1) is 0 Å². The highest BCUT2D eigenvalue weighted by Crippen LogP contribution is 2.43. The summed E-state index contributed by atoms with van der Waals surface area (Å²) < 4.78 is 0. The molecule has 0 aliphatic heterocycles. The first-order chi connectivity index (χ1) is 11.7. The molecule has 0 atom stereocenters. The maximum atomic E-state index is 12.1. The second-order valence-electron chi connectivity index (χ2n) is 7.76. The molecule has 1 heteroatoms. The molecule has 1 saturated carbocycles. The van der Waals surface area contributed by atoms with Gasteiger partial charge < -0.3 is 0 Å². The van der Waals surface area contributed by atoms with Crippen molar-refractivity contribution >= 4 is 5.78 Å². The molecule has 1 aliphatic rings. The number of hydrogen-bond acceptors (Lipinski definition) is 1. The number of unbranched alkanes of at least 4 members (excludes halogenated alkanes) is 4. The minimum absolute atomic E-state index is 0.293. The summed E-state index contributed by atoms with van der Waals surface area (Å²) in [6, 6.07) is 8.70. The molecule has 134 valence electrons. The van der Waals surface area contributed by atoms with Gasteiger partial charge in [0.25, 0.3) is 0 Å². The summed E-state index contributed by atoms with van der Waals surface area (Å²) in [5.41, 5.74) is 2.77. The van der Waals surface area contributed by atoms with Crippen LogP contribution < -0.4 is 0 Å². The van der Waals surface area contributed by atoms with Gasteiger partial charge in [0.2, 0.25) is 0 Å². The number of carbonyl (C=O) groups is 1. The zero-order valence-corrected chi connectivity index (χ0v) is 15.9. The highest BCUT2D eigenvalue weighted by molar-refractivity contribution is 5.96. The molecule has 0 bridgehead atoms. The van der Waals surface area contributed by atoms with Crippen LogP contribution in [0.4, 0.5) is 0 Å². The Labute approximate surface area is 149 Å². The van der Waals surface area contributed by atoms with E-state index < -0.39 is 0 Å². The molecule has 2 rings (SSSR count). The molecule has 0 unspecified atom stereocenters. The van der Waals surface area contributed by atoms with Crippen LogP contribution in [0.2, 0.25) is 0 Å². The van der Waals surface area contributed by atoms with E-state index in [1.807, 2.05) is 0 Å². The molecular weight excluding hydrogens is 292 g/mol. The molecular formula is C23H36O. The predicted molar refractivity (Wildman–Crippen MR) is 104 cm³/mol. The predicted octanol–water partition coefficient (Wildman–Crippen LogP) is 7.23. The third-order valence-electron chi connectivity index (χ3n) is 5.87. The van der Waals surface area contributed by atoms with Gasteiger partial charge in [-0.05, 0) is 36.7 Å². The first kappa shape index (κ1) is 19.2. The summed E-state index contributed by atoms with van der Waals surface area (Å²) >= 11 is 0. The van der Waals surface area contributed by atoms with Crippen molar-refractivity contribution in [3.8, 4) is 0 Å². The van der Waals surface area contributed by atoms with Crippen molar-refractivity contribution in [2.75, 3.05) is 0 Å². The fraction of sp³-hybridized carbons (Fsp3) is 0.696. The minimum Gasteiger partial charge on any atom is -0.294 e. The Kier molecular flexibility index (Phi) is 8.02. The molecule has 0 heterocycles. The van der Waals surface area contributed by atoms with Crippen molar-refractivity contribution in [3.05, 3.63) is 35.4 Å². The highest BCUT2D eigenvalue weighted by Gasteiger charge is 2.33. The van der Waals surface area contributed by atoms with Crippen LogP contribution in [0.15, 0.2) is 24.3 Å². The van der Waals surface area contributed by atoms with Crippen LogP contribution in [-0.2, 0) is 5.41 Å². The van der Waals surface area contributed by atoms with Crippen LogP contribution >= 0.6 is 0 Å². The molecule has 0 saturated heterocycles. The van der Waals surface area contributed by atoms with Gasteiger partial charge in [-0.2, -0.15) is 0 Å². The molecule has 24 heavy (non-hydrogen) atoms. The zero-order valence-electron chi connectivity index (χ0n) is 15.9. The van der Waals surface area contributed by atoms with Crippen molar-refractivity contribution in [1.29, 1.82) is 0 Å². The number of ketones is 1. The topological polar surface area (TPSA) is 17.1 Å². The fourth-order valence-electron chi connectivity index (χ4n) is 4.36. The van der Waals surface area contributed by atoms with E-state index in [4.69, 9.17) is 0 Å². The minimum atomic E-state index is 0.293. The monoisotopic (exact) mass is 328 g/mol. The van der Waals surface area contributed by atoms with Crippen molar-refractivity contribution in [2.24, 2.45) is 0 Å². The maximum Gasteiger partial charge on any atom is 0.162 e. The molecule has 0 radical (unpaired) electrons. The van der Waals surface area contributed by atoms with E-state index in [1.54, 1.807) is 0 Å². The highest BCUT2D eigenvalue weighted by atomic mass is 16.1. The number of carbonyl (C=O) groups excluding carboxylic acids is 1. The van der Waals surface area contributed by atoms with Crippen LogP contribution in [-0.4, -0.2) is 5.78 Å². The molecule has 1 aromatic rings. The van der Waals surface area contributed by atoms with E-state index in [0.717, 1.165) is 12.0 Å². The summed E-state index contributed by atoms with van der Waals surface area (Å²) in [7, 11) is 0. The standard InChI is InChI=1S/C23H36O/c1-3-5-6-7-9-17-23(18-10-8-11-19-23)21-15-13-20(14-16-21)22(24)12-4-2/h13-16H,3-12,17-19H2,1-2H3. The maximum absolute atomic E-state index is 12.1. The van der Waals surface area contributed by atoms with Crippen LogP contribution in [0.25, 0.3) is 0 Å². The summed E-state index contributed by atoms with van der Waals surface area (Å²) in [5.74, 6) is 0.293. The number of hydrogen-bond donors (Lipinski definition) is 0. The quantitative estimate of drug-likeness (QED) is 0.327. The van der Waals surface area contributed by atoms with Gasteiger partial charge in [-0.25, -0.2) is 0 Å². The van der Waals surface area contributed by atoms with E-state index >= 15 is 0 Å². The SMILES string of the molecule is CCCCCCCC1(c2ccc(C(=O)CCC)cc2)CCCCC1. The third kappa shape index (κ3) is 5.19. The Morgan fingerprint density at radius 1 is 0.875 bits per heavy atom. The van der Waals surface area contributed by atoms with Crippen molar-refractivity contribution in [1.82, 2.24) is 0 Å². The number of benzene rings is 1. The summed E-state index contributed by atoms with van der Waals surface area (Å²) in [6.07, 6.45) is 16.5. The smallest absolute Gasteiger partial charge is 0.162 e. The first-order valence-corrected chi connectivity index (χ1v) is 10.4. The molecule has 1 aliphatic carbocycles. The second kappa shape index (κ2) is 10.0. The van der Waals surface area contributed by atoms with E-state index in [9.17, 15) is 4.79 Å². The fourth-order valence-corrected chi connectivity index (χ4v) is 4.36. The third-order valence-corrected chi connectivity index (χ3v) is 5.87. The molecule has 0 N–H and O–H groups in total. The summed E-state index contributed by atoms with van der Waals surface area (Å²) in [6.45, 7) is 4.35. The normalized spacial score (nSPS) is 16.9. The Hall–Kier alpha value is -1.11. The average molecular weight is 329 g/mol. The first-order valence-electron chi connectivity index (χ1n) is 10.4. The molecule has 0 spiro atoms. The van der Waals surface area contributed by atoms with Crippen LogP contribution in [0.3, 0.4) is 0 Å². The summed E-state index contributed by atoms with van der Waals surface area (Å²) in [5, 5.41) is 0. The van der Waals surface area contributed by atoms with Crippen LogP contribution in [0, 0.1) is 0 Å². The van der Waals surface area contributed by atoms with E-state index in [1.165, 1.54) is 76.2 Å². The second-order valence-corrected chi connectivity index (χ2v) is 7.76. The average Bonchev–Trinajstić information content (AvgIpc) is 2.63. The van der Waals surface area contributed by atoms with E-state index in [-0.39, 0.29) is 0 Å². The van der Waals surface area contributed by atoms with E-state index in [0.29, 0.717) is 17.6 Å². The van der Waals surface area contributed by atoms with Crippen molar-refractivity contribution in [3.63, 3.8) is 0 Å². The number of rotatable bonds is 10. The van der Waals surface area contributed by atoms with Crippen LogP contribution in [0.5, 0.6) is 0 Å². The largest absolute Gasteiger partial charge is 0.294 e. The number of Topliss-reactive ketones (excluding diaryl/α,β-unsaturated/α-hetero) is 1. The lowest BCUT2D eigenvalue weighted by Gasteiger charge is -2.38. The molecule has 1 fully saturated rings. The van der Waals surface area contributed by atoms with Gasteiger partial charge in [-0.3, -0.25) is 4.79 Å². The van der Waals surface area contributed by atoms with Gasteiger partial charge in [-0.15, -0.1) is 0 Å². The lowest BCUT2D eigenvalue weighted by molar-refractivity contribution is 0.0981. The van der Waals surface area contributed by atoms with Gasteiger partial charge in [0.1, 0.15) is 0 Å². The molecule has 0 amide bonds. The lowest BCUT2D eigenvalue weighted by Crippen LogP contribution is -2.29. The van der Waals surface area contributed by atoms with Crippen molar-refractivity contribution < 1.29 is 4.79 Å². The Morgan fingerprint density at radius 2 is 1.54 bits per heavy atom. The Balaban J connectivity index is 2.05. The van der Waals surface area contributed by atoms with Crippen LogP contribution in [0.1, 0.15) is 113 Å². The Bertz CT molecular complexity index is 479. The van der Waals surface area contributed by atoms with Gasteiger partial charge in [0, 0.05) is 12.0 Å². The molecule has 1 nitrogen and oxygen atoms in total. The molecule has 1 aromatic carbocycles. The van der Waals surface area contributed by atoms with Crippen molar-refractivity contribution in [2.45, 2.75) is 103 Å². The molecule has 0 aromatic heterocycles. The van der Waals surface area contributed by atoms with E-state index in [2.05, 4.69) is 38.1 Å². The zero-order chi connectivity index (χ0) is 17.3.